The van der Waals surface area contributed by atoms with Crippen molar-refractivity contribution in [2.24, 2.45) is 33.0 Å². The molecular formula is C41H61N5O8S. The fraction of sp³-hybridized carbons (Fsp3) is 0.683. The number of carbonyl (C=O) groups excluding carboxylic acids is 5. The number of alkyl carbamates (subject to hydrolysis) is 1. The summed E-state index contributed by atoms with van der Waals surface area (Å²) in [6.45, 7) is 24.5. The first kappa shape index (κ1) is 42.2. The highest BCUT2D eigenvalue weighted by molar-refractivity contribution is 7.90. The van der Waals surface area contributed by atoms with Crippen LogP contribution >= 0.6 is 0 Å². The molecule has 0 aromatic heterocycles. The van der Waals surface area contributed by atoms with E-state index in [0.717, 1.165) is 19.3 Å². The second-order valence-electron chi connectivity index (χ2n) is 19.8. The summed E-state index contributed by atoms with van der Waals surface area (Å²) in [5.41, 5.74) is -4.58. The van der Waals surface area contributed by atoms with E-state index in [-0.39, 0.29) is 34.1 Å². The summed E-state index contributed by atoms with van der Waals surface area (Å²) in [4.78, 5) is 71.8. The van der Waals surface area contributed by atoms with Gasteiger partial charge >= 0.3 is 6.09 Å². The number of amides is 5. The molecule has 304 valence electrons. The van der Waals surface area contributed by atoms with Crippen LogP contribution in [0.25, 0.3) is 0 Å². The molecule has 1 heterocycles. The average molecular weight is 784 g/mol. The van der Waals surface area contributed by atoms with E-state index < -0.39 is 85.8 Å². The van der Waals surface area contributed by atoms with Crippen molar-refractivity contribution in [3.05, 3.63) is 43.0 Å². The van der Waals surface area contributed by atoms with Gasteiger partial charge in [0, 0.05) is 17.9 Å². The number of ether oxygens (including phenoxy) is 1. The predicted octanol–water partition coefficient (Wildman–Crippen LogP) is 4.82. The number of likely N-dealkylation sites (tertiary alicyclic amines) is 1. The van der Waals surface area contributed by atoms with Crippen molar-refractivity contribution < 1.29 is 37.1 Å². The minimum absolute atomic E-state index is 0.0508. The summed E-state index contributed by atoms with van der Waals surface area (Å²) in [6.07, 6.45) is 4.24. The first-order valence-electron chi connectivity index (χ1n) is 19.3. The van der Waals surface area contributed by atoms with Gasteiger partial charge in [-0.2, -0.15) is 0 Å². The number of hydrogen-bond acceptors (Lipinski definition) is 8. The molecule has 6 atom stereocenters. The molecule has 2 spiro atoms. The summed E-state index contributed by atoms with van der Waals surface area (Å²) < 4.78 is 33.9. The van der Waals surface area contributed by atoms with Crippen LogP contribution in [-0.4, -0.2) is 78.8 Å². The van der Waals surface area contributed by atoms with Gasteiger partial charge in [-0.25, -0.2) is 17.9 Å². The van der Waals surface area contributed by atoms with Crippen molar-refractivity contribution >= 4 is 39.7 Å². The topological polar surface area (TPSA) is 180 Å². The standard InChI is InChI=1S/C41H61N5O8S/c1-13-25-22-41(25,33(50)45-55(52,53)26-18-15-14-16-19-26)44-30(47)27-23-40(38(11,12)39(40)20-17-21-39)24-46(27)32(49)29(36(5,6)7)42-31(48)28(35(2,3)4)43-34(51)54-37(8,9)10/h13-16,18-19,25,27-29H,1,17,20-24H2,2-12H3,(H,42,48)(H,43,51)(H,44,47)(H,45,50)/t25-,27+,28-,29?,40-,41-/m1/s1. The fourth-order valence-corrected chi connectivity index (χ4v) is 10.5. The Morgan fingerprint density at radius 2 is 1.45 bits per heavy atom. The van der Waals surface area contributed by atoms with Crippen molar-refractivity contribution in [2.45, 2.75) is 142 Å². The van der Waals surface area contributed by atoms with Gasteiger partial charge in [-0.1, -0.05) is 86.1 Å². The molecule has 1 aliphatic heterocycles. The van der Waals surface area contributed by atoms with E-state index in [2.05, 4.69) is 41.1 Å². The number of nitrogens with zero attached hydrogens (tertiary/aromatic N) is 1. The van der Waals surface area contributed by atoms with Crippen molar-refractivity contribution in [3.8, 4) is 0 Å². The predicted molar refractivity (Wildman–Crippen MR) is 208 cm³/mol. The zero-order valence-corrected chi connectivity index (χ0v) is 35.2. The van der Waals surface area contributed by atoms with Crippen LogP contribution in [0.15, 0.2) is 47.9 Å². The number of carbonyl (C=O) groups is 5. The molecule has 13 nitrogen and oxygen atoms in total. The van der Waals surface area contributed by atoms with Gasteiger partial charge in [-0.3, -0.25) is 19.2 Å². The first-order valence-corrected chi connectivity index (χ1v) is 20.7. The Kier molecular flexibility index (Phi) is 10.5. The highest BCUT2D eigenvalue weighted by Crippen LogP contribution is 2.88. The Balaban J connectivity index is 1.45. The first-order chi connectivity index (χ1) is 25.1. The van der Waals surface area contributed by atoms with E-state index >= 15 is 0 Å². The maximum absolute atomic E-state index is 15.0. The van der Waals surface area contributed by atoms with Gasteiger partial charge in [0.25, 0.3) is 15.9 Å². The average Bonchev–Trinajstić information content (AvgIpc) is 3.75. The molecule has 4 aliphatic rings. The normalized spacial score (nSPS) is 27.6. The van der Waals surface area contributed by atoms with E-state index in [4.69, 9.17) is 4.74 Å². The smallest absolute Gasteiger partial charge is 0.408 e. The van der Waals surface area contributed by atoms with Gasteiger partial charge in [-0.15, -0.1) is 6.58 Å². The van der Waals surface area contributed by atoms with Gasteiger partial charge < -0.3 is 25.6 Å². The van der Waals surface area contributed by atoms with Gasteiger partial charge in [0.05, 0.1) is 4.90 Å². The number of rotatable bonds is 10. The molecule has 4 fully saturated rings. The molecule has 5 amide bonds. The van der Waals surface area contributed by atoms with Crippen molar-refractivity contribution in [1.29, 1.82) is 0 Å². The third kappa shape index (κ3) is 7.39. The molecule has 3 aliphatic carbocycles. The molecule has 1 unspecified atom stereocenters. The summed E-state index contributed by atoms with van der Waals surface area (Å²) in [5.74, 6) is -3.03. The third-order valence-electron chi connectivity index (χ3n) is 12.9. The lowest BCUT2D eigenvalue weighted by Crippen LogP contribution is -2.63. The molecule has 4 N–H and O–H groups in total. The molecular weight excluding hydrogens is 723 g/mol. The Bertz CT molecular complexity index is 1850. The van der Waals surface area contributed by atoms with Crippen LogP contribution in [0.5, 0.6) is 0 Å². The summed E-state index contributed by atoms with van der Waals surface area (Å²) in [5, 5.41) is 8.53. The Morgan fingerprint density at radius 1 is 0.873 bits per heavy atom. The number of sulfonamides is 1. The van der Waals surface area contributed by atoms with Gasteiger partial charge in [0.2, 0.25) is 17.7 Å². The fourth-order valence-electron chi connectivity index (χ4n) is 9.41. The Labute approximate surface area is 326 Å². The van der Waals surface area contributed by atoms with Crippen LogP contribution in [0.3, 0.4) is 0 Å². The number of benzene rings is 1. The monoisotopic (exact) mass is 783 g/mol. The molecule has 14 heteroatoms. The zero-order valence-electron chi connectivity index (χ0n) is 34.3. The zero-order chi connectivity index (χ0) is 41.4. The Hall–Kier alpha value is -3.94. The lowest BCUT2D eigenvalue weighted by molar-refractivity contribution is -0.145. The van der Waals surface area contributed by atoms with Crippen LogP contribution in [0.4, 0.5) is 4.79 Å². The van der Waals surface area contributed by atoms with E-state index in [1.807, 2.05) is 20.8 Å². The quantitative estimate of drug-likeness (QED) is 0.244. The maximum atomic E-state index is 15.0. The third-order valence-corrected chi connectivity index (χ3v) is 14.3. The minimum Gasteiger partial charge on any atom is -0.444 e. The lowest BCUT2D eigenvalue weighted by Gasteiger charge is -2.38. The molecule has 0 radical (unpaired) electrons. The van der Waals surface area contributed by atoms with Crippen molar-refractivity contribution in [2.75, 3.05) is 6.54 Å². The second-order valence-corrected chi connectivity index (χ2v) is 21.5. The summed E-state index contributed by atoms with van der Waals surface area (Å²) in [7, 11) is -4.25. The van der Waals surface area contributed by atoms with E-state index in [1.165, 1.54) is 18.2 Å². The maximum Gasteiger partial charge on any atom is 0.408 e. The number of fused-ring (bicyclic) bond motifs is 1. The second kappa shape index (κ2) is 13.6. The highest BCUT2D eigenvalue weighted by atomic mass is 32.2. The summed E-state index contributed by atoms with van der Waals surface area (Å²) in [6, 6.07) is 4.31. The minimum atomic E-state index is -4.25. The number of hydrogen-bond donors (Lipinski definition) is 4. The van der Waals surface area contributed by atoms with Crippen molar-refractivity contribution in [3.63, 3.8) is 0 Å². The van der Waals surface area contributed by atoms with Crippen LogP contribution < -0.4 is 20.7 Å². The Morgan fingerprint density at radius 3 is 1.91 bits per heavy atom. The van der Waals surface area contributed by atoms with Gasteiger partial charge in [-0.05, 0) is 80.2 Å². The SMILES string of the molecule is C=C[C@@H]1C[C@]1(NC(=O)[C@@H]1C[C@@]2(CN1C(=O)C(NC(=O)[C@@H](NC(=O)OC(C)(C)C)C(C)(C)C)C(C)(C)C)C(C)(C)C21CCC1)C(=O)NS(=O)(=O)c1ccccc1. The molecule has 0 bridgehead atoms. The van der Waals surface area contributed by atoms with E-state index in [1.54, 1.807) is 64.6 Å². The van der Waals surface area contributed by atoms with Crippen LogP contribution in [0.1, 0.15) is 108 Å². The van der Waals surface area contributed by atoms with E-state index in [9.17, 15) is 32.4 Å². The van der Waals surface area contributed by atoms with Crippen LogP contribution in [0.2, 0.25) is 0 Å². The highest BCUT2D eigenvalue weighted by Gasteiger charge is 2.85. The lowest BCUT2D eigenvalue weighted by atomic mass is 9.73. The van der Waals surface area contributed by atoms with E-state index in [0.29, 0.717) is 6.42 Å². The summed E-state index contributed by atoms with van der Waals surface area (Å²) >= 11 is 0. The molecule has 1 saturated heterocycles. The molecule has 5 rings (SSSR count). The van der Waals surface area contributed by atoms with Gasteiger partial charge in [0.1, 0.15) is 29.3 Å². The molecule has 1 aromatic carbocycles. The largest absolute Gasteiger partial charge is 0.444 e. The molecule has 3 saturated carbocycles. The van der Waals surface area contributed by atoms with Crippen LogP contribution in [0, 0.1) is 33.0 Å². The molecule has 1 aromatic rings. The van der Waals surface area contributed by atoms with Gasteiger partial charge in [0.15, 0.2) is 0 Å². The molecule has 55 heavy (non-hydrogen) atoms. The van der Waals surface area contributed by atoms with Crippen LogP contribution in [-0.2, 0) is 33.9 Å². The number of nitrogens with one attached hydrogen (secondary N) is 4. The van der Waals surface area contributed by atoms with Crippen molar-refractivity contribution in [1.82, 2.24) is 25.6 Å².